The van der Waals surface area contributed by atoms with Gasteiger partial charge in [0.25, 0.3) is 5.91 Å². The van der Waals surface area contributed by atoms with E-state index in [1.807, 2.05) is 0 Å². The first-order valence-corrected chi connectivity index (χ1v) is 7.13. The molecule has 0 spiro atoms. The SMILES string of the molecule is O=C(Nc1ccc2scnc2c1)c1cccc(C(F)(F)F)c1. The standard InChI is InChI=1S/C15H9F3N2OS/c16-15(17,18)10-3-1-2-9(6-10)14(21)20-11-4-5-13-12(7-11)19-8-22-13/h1-8H,(H,20,21). The molecule has 1 aromatic heterocycles. The molecule has 3 nitrogen and oxygen atoms in total. The number of carbonyl (C=O) groups excluding carboxylic acids is 1. The summed E-state index contributed by atoms with van der Waals surface area (Å²) in [6.07, 6.45) is -4.48. The molecule has 22 heavy (non-hydrogen) atoms. The van der Waals surface area contributed by atoms with E-state index < -0.39 is 17.6 Å². The second kappa shape index (κ2) is 5.42. The quantitative estimate of drug-likeness (QED) is 0.751. The van der Waals surface area contributed by atoms with Gasteiger partial charge in [0.1, 0.15) is 0 Å². The highest BCUT2D eigenvalue weighted by atomic mass is 32.1. The Labute approximate surface area is 127 Å². The van der Waals surface area contributed by atoms with Gasteiger partial charge in [0, 0.05) is 11.3 Å². The van der Waals surface area contributed by atoms with Crippen LogP contribution >= 0.6 is 11.3 Å². The van der Waals surface area contributed by atoms with Gasteiger partial charge in [-0.25, -0.2) is 4.98 Å². The summed E-state index contributed by atoms with van der Waals surface area (Å²) in [6.45, 7) is 0. The Hall–Kier alpha value is -2.41. The smallest absolute Gasteiger partial charge is 0.322 e. The number of hydrogen-bond donors (Lipinski definition) is 1. The van der Waals surface area contributed by atoms with Crippen molar-refractivity contribution in [3.05, 3.63) is 59.1 Å². The van der Waals surface area contributed by atoms with Crippen LogP contribution in [0.3, 0.4) is 0 Å². The number of amides is 1. The molecule has 0 saturated carbocycles. The molecule has 0 saturated heterocycles. The first-order chi connectivity index (χ1) is 10.4. The number of hydrogen-bond acceptors (Lipinski definition) is 3. The fraction of sp³-hybridized carbons (Fsp3) is 0.0667. The monoisotopic (exact) mass is 322 g/mol. The molecule has 3 rings (SSSR count). The third-order valence-corrected chi connectivity index (χ3v) is 3.85. The van der Waals surface area contributed by atoms with E-state index in [9.17, 15) is 18.0 Å². The largest absolute Gasteiger partial charge is 0.416 e. The summed E-state index contributed by atoms with van der Waals surface area (Å²) in [6, 6.07) is 9.47. The molecule has 0 atom stereocenters. The topological polar surface area (TPSA) is 42.0 Å². The van der Waals surface area contributed by atoms with Gasteiger partial charge in [0.15, 0.2) is 0 Å². The minimum Gasteiger partial charge on any atom is -0.322 e. The Morgan fingerprint density at radius 2 is 1.95 bits per heavy atom. The van der Waals surface area contributed by atoms with E-state index in [-0.39, 0.29) is 5.56 Å². The predicted octanol–water partition coefficient (Wildman–Crippen LogP) is 4.57. The fourth-order valence-electron chi connectivity index (χ4n) is 1.98. The number of fused-ring (bicyclic) bond motifs is 1. The molecule has 0 aliphatic heterocycles. The Balaban J connectivity index is 1.85. The van der Waals surface area contributed by atoms with E-state index in [1.54, 1.807) is 23.7 Å². The fourth-order valence-corrected chi connectivity index (χ4v) is 2.63. The lowest BCUT2D eigenvalue weighted by molar-refractivity contribution is -0.137. The molecule has 1 amide bonds. The molecule has 112 valence electrons. The second-order valence-corrected chi connectivity index (χ2v) is 5.45. The summed E-state index contributed by atoms with van der Waals surface area (Å²) in [4.78, 5) is 16.2. The Kier molecular flexibility index (Phi) is 3.58. The van der Waals surface area contributed by atoms with Gasteiger partial charge in [0.2, 0.25) is 0 Å². The van der Waals surface area contributed by atoms with Crippen LogP contribution in [-0.4, -0.2) is 10.9 Å². The average Bonchev–Trinajstić information content (AvgIpc) is 2.94. The van der Waals surface area contributed by atoms with Crippen LogP contribution < -0.4 is 5.32 Å². The number of aromatic nitrogens is 1. The van der Waals surface area contributed by atoms with Crippen molar-refractivity contribution >= 4 is 33.1 Å². The Morgan fingerprint density at radius 3 is 2.73 bits per heavy atom. The average molecular weight is 322 g/mol. The summed E-state index contributed by atoms with van der Waals surface area (Å²) in [5.41, 5.74) is 2.00. The van der Waals surface area contributed by atoms with E-state index in [1.165, 1.54) is 23.5 Å². The van der Waals surface area contributed by atoms with Crippen LogP contribution in [0.1, 0.15) is 15.9 Å². The maximum atomic E-state index is 12.7. The van der Waals surface area contributed by atoms with Gasteiger partial charge in [0.05, 0.1) is 21.3 Å². The summed E-state index contributed by atoms with van der Waals surface area (Å²) in [5, 5.41) is 2.58. The molecule has 1 N–H and O–H groups in total. The number of thiazole rings is 1. The Bertz CT molecular complexity index is 842. The van der Waals surface area contributed by atoms with Crippen LogP contribution in [0.5, 0.6) is 0 Å². The first-order valence-electron chi connectivity index (χ1n) is 6.25. The van der Waals surface area contributed by atoms with Crippen molar-refractivity contribution in [2.24, 2.45) is 0 Å². The van der Waals surface area contributed by atoms with E-state index in [0.717, 1.165) is 22.3 Å². The molecule has 7 heteroatoms. The zero-order valence-electron chi connectivity index (χ0n) is 11.0. The third-order valence-electron chi connectivity index (χ3n) is 3.04. The van der Waals surface area contributed by atoms with Crippen LogP contribution in [-0.2, 0) is 6.18 Å². The summed E-state index contributed by atoms with van der Waals surface area (Å²) >= 11 is 1.47. The molecular weight excluding hydrogens is 313 g/mol. The molecule has 0 radical (unpaired) electrons. The van der Waals surface area contributed by atoms with Crippen LogP contribution in [0.25, 0.3) is 10.2 Å². The minimum absolute atomic E-state index is 0.0480. The van der Waals surface area contributed by atoms with Crippen molar-refractivity contribution in [1.82, 2.24) is 4.98 Å². The van der Waals surface area contributed by atoms with Gasteiger partial charge in [-0.3, -0.25) is 4.79 Å². The number of anilines is 1. The number of nitrogens with zero attached hydrogens (tertiary/aromatic N) is 1. The molecular formula is C15H9F3N2OS. The number of nitrogens with one attached hydrogen (secondary N) is 1. The number of carbonyl (C=O) groups is 1. The number of halogens is 3. The minimum atomic E-state index is -4.48. The molecule has 0 aliphatic rings. The van der Waals surface area contributed by atoms with E-state index in [2.05, 4.69) is 10.3 Å². The van der Waals surface area contributed by atoms with Crippen LogP contribution in [0.2, 0.25) is 0 Å². The van der Waals surface area contributed by atoms with Gasteiger partial charge in [-0.15, -0.1) is 11.3 Å². The molecule has 2 aromatic carbocycles. The second-order valence-electron chi connectivity index (χ2n) is 4.57. The lowest BCUT2D eigenvalue weighted by Crippen LogP contribution is -2.13. The highest BCUT2D eigenvalue weighted by Crippen LogP contribution is 2.29. The molecule has 0 fully saturated rings. The molecule has 1 heterocycles. The third kappa shape index (κ3) is 2.94. The zero-order chi connectivity index (χ0) is 15.7. The van der Waals surface area contributed by atoms with Crippen molar-refractivity contribution in [1.29, 1.82) is 0 Å². The van der Waals surface area contributed by atoms with Crippen LogP contribution in [0, 0.1) is 0 Å². The molecule has 0 bridgehead atoms. The highest BCUT2D eigenvalue weighted by molar-refractivity contribution is 7.16. The highest BCUT2D eigenvalue weighted by Gasteiger charge is 2.30. The summed E-state index contributed by atoms with van der Waals surface area (Å²) in [5.74, 6) is -0.597. The van der Waals surface area contributed by atoms with E-state index >= 15 is 0 Å². The number of alkyl halides is 3. The Morgan fingerprint density at radius 1 is 1.14 bits per heavy atom. The molecule has 3 aromatic rings. The first kappa shape index (κ1) is 14.5. The van der Waals surface area contributed by atoms with E-state index in [0.29, 0.717) is 5.69 Å². The summed E-state index contributed by atoms with van der Waals surface area (Å²) in [7, 11) is 0. The van der Waals surface area contributed by atoms with Crippen molar-refractivity contribution < 1.29 is 18.0 Å². The number of benzene rings is 2. The normalized spacial score (nSPS) is 11.6. The van der Waals surface area contributed by atoms with Gasteiger partial charge >= 0.3 is 6.18 Å². The lowest BCUT2D eigenvalue weighted by atomic mass is 10.1. The van der Waals surface area contributed by atoms with Crippen molar-refractivity contribution in [2.45, 2.75) is 6.18 Å². The van der Waals surface area contributed by atoms with Gasteiger partial charge < -0.3 is 5.32 Å². The summed E-state index contributed by atoms with van der Waals surface area (Å²) < 4.78 is 38.9. The van der Waals surface area contributed by atoms with Crippen LogP contribution in [0.15, 0.2) is 48.0 Å². The maximum absolute atomic E-state index is 12.7. The van der Waals surface area contributed by atoms with Gasteiger partial charge in [-0.2, -0.15) is 13.2 Å². The van der Waals surface area contributed by atoms with Crippen LogP contribution in [0.4, 0.5) is 18.9 Å². The van der Waals surface area contributed by atoms with Crippen molar-refractivity contribution in [3.63, 3.8) is 0 Å². The zero-order valence-corrected chi connectivity index (χ0v) is 11.8. The predicted molar refractivity (Wildman–Crippen MR) is 79.0 cm³/mol. The number of rotatable bonds is 2. The van der Waals surface area contributed by atoms with Crippen molar-refractivity contribution in [3.8, 4) is 0 Å². The lowest BCUT2D eigenvalue weighted by Gasteiger charge is -2.09. The van der Waals surface area contributed by atoms with Gasteiger partial charge in [-0.1, -0.05) is 6.07 Å². The van der Waals surface area contributed by atoms with Gasteiger partial charge in [-0.05, 0) is 36.4 Å². The molecule has 0 unspecified atom stereocenters. The molecule has 0 aliphatic carbocycles. The maximum Gasteiger partial charge on any atom is 0.416 e. The van der Waals surface area contributed by atoms with E-state index in [4.69, 9.17) is 0 Å². The van der Waals surface area contributed by atoms with Crippen molar-refractivity contribution in [2.75, 3.05) is 5.32 Å².